The molecule has 2 aliphatic rings. The van der Waals surface area contributed by atoms with E-state index in [0.717, 1.165) is 33.4 Å². The van der Waals surface area contributed by atoms with E-state index in [9.17, 15) is 0 Å². The molecule has 0 aliphatic carbocycles. The molecule has 2 aliphatic heterocycles. The number of aliphatic imine (C=N–C) groups is 2. The lowest BCUT2D eigenvalue weighted by Gasteiger charge is -2.16. The summed E-state index contributed by atoms with van der Waals surface area (Å²) in [5.74, 6) is 1.14. The van der Waals surface area contributed by atoms with Gasteiger partial charge in [-0.1, -0.05) is 121 Å². The van der Waals surface area contributed by atoms with Crippen LogP contribution in [-0.2, 0) is 9.47 Å². The monoisotopic (exact) mass is 470 g/mol. The van der Waals surface area contributed by atoms with Crippen LogP contribution in [0.2, 0.25) is 0 Å². The first kappa shape index (κ1) is 22.1. The van der Waals surface area contributed by atoms with Crippen LogP contribution in [-0.4, -0.2) is 25.0 Å². The maximum Gasteiger partial charge on any atom is 0.223 e. The van der Waals surface area contributed by atoms with E-state index in [-0.39, 0.29) is 12.1 Å². The highest BCUT2D eigenvalue weighted by atomic mass is 16.5. The highest BCUT2D eigenvalue weighted by Crippen LogP contribution is 2.35. The van der Waals surface area contributed by atoms with E-state index in [1.807, 2.05) is 72.8 Å². The zero-order valence-corrected chi connectivity index (χ0v) is 19.8. The van der Waals surface area contributed by atoms with Crippen molar-refractivity contribution in [3.05, 3.63) is 149 Å². The Balaban J connectivity index is 1.54. The highest BCUT2D eigenvalue weighted by molar-refractivity contribution is 6.26. The van der Waals surface area contributed by atoms with Gasteiger partial charge in [0.05, 0.1) is 0 Å². The van der Waals surface area contributed by atoms with Crippen LogP contribution in [0.3, 0.4) is 0 Å². The van der Waals surface area contributed by atoms with Crippen molar-refractivity contribution in [2.45, 2.75) is 12.1 Å². The van der Waals surface area contributed by atoms with Crippen LogP contribution in [0.25, 0.3) is 5.57 Å². The molecule has 0 amide bonds. The predicted octanol–water partition coefficient (Wildman–Crippen LogP) is 6.83. The number of hydrogen-bond acceptors (Lipinski definition) is 4. The lowest BCUT2D eigenvalue weighted by molar-refractivity contribution is 0.310. The summed E-state index contributed by atoms with van der Waals surface area (Å²) in [6, 6.07) is 41.1. The van der Waals surface area contributed by atoms with Gasteiger partial charge in [0, 0.05) is 5.57 Å². The van der Waals surface area contributed by atoms with Crippen LogP contribution < -0.4 is 0 Å². The molecule has 36 heavy (non-hydrogen) atoms. The summed E-state index contributed by atoms with van der Waals surface area (Å²) in [5, 5.41) is 0. The molecule has 2 heterocycles. The molecule has 0 saturated carbocycles. The minimum absolute atomic E-state index is 0.0732. The first-order chi connectivity index (χ1) is 17.9. The van der Waals surface area contributed by atoms with Crippen molar-refractivity contribution in [2.75, 3.05) is 13.2 Å². The fourth-order valence-electron chi connectivity index (χ4n) is 4.68. The van der Waals surface area contributed by atoms with E-state index in [1.165, 1.54) is 0 Å². The third kappa shape index (κ3) is 4.46. The first-order valence-corrected chi connectivity index (χ1v) is 12.2. The summed E-state index contributed by atoms with van der Waals surface area (Å²) in [7, 11) is 0. The zero-order chi connectivity index (χ0) is 24.2. The summed E-state index contributed by atoms with van der Waals surface area (Å²) >= 11 is 0. The van der Waals surface area contributed by atoms with E-state index in [0.29, 0.717) is 25.0 Å². The minimum atomic E-state index is -0.0732. The van der Waals surface area contributed by atoms with Gasteiger partial charge in [0.15, 0.2) is 0 Å². The second-order valence-electron chi connectivity index (χ2n) is 8.83. The Morgan fingerprint density at radius 1 is 0.472 bits per heavy atom. The maximum absolute atomic E-state index is 6.29. The molecule has 0 radical (unpaired) electrons. The first-order valence-electron chi connectivity index (χ1n) is 12.2. The average Bonchev–Trinajstić information content (AvgIpc) is 3.64. The summed E-state index contributed by atoms with van der Waals surface area (Å²) in [5.41, 5.74) is 6.17. The van der Waals surface area contributed by atoms with E-state index in [2.05, 4.69) is 48.5 Å². The molecule has 6 rings (SSSR count). The number of hydrogen-bond donors (Lipinski definition) is 0. The van der Waals surface area contributed by atoms with Crippen molar-refractivity contribution in [3.63, 3.8) is 0 Å². The molecule has 2 atom stereocenters. The topological polar surface area (TPSA) is 43.2 Å². The minimum Gasteiger partial charge on any atom is -0.475 e. The number of rotatable bonds is 6. The van der Waals surface area contributed by atoms with Gasteiger partial charge >= 0.3 is 0 Å². The van der Waals surface area contributed by atoms with Crippen molar-refractivity contribution in [2.24, 2.45) is 9.98 Å². The van der Waals surface area contributed by atoms with E-state index in [1.54, 1.807) is 0 Å². The molecule has 0 saturated heterocycles. The van der Waals surface area contributed by atoms with E-state index < -0.39 is 0 Å². The second-order valence-corrected chi connectivity index (χ2v) is 8.83. The molecule has 4 aromatic rings. The molecule has 0 bridgehead atoms. The second kappa shape index (κ2) is 10.0. The third-order valence-corrected chi connectivity index (χ3v) is 6.47. The van der Waals surface area contributed by atoms with Gasteiger partial charge in [-0.2, -0.15) is 0 Å². The fourth-order valence-corrected chi connectivity index (χ4v) is 4.68. The standard InChI is InChI=1S/C32H26N2O2/c1-5-13-23(14-6-1)27-21-35-31(33-27)30(32-34-28(22-36-32)24-15-7-2-8-16-24)29(25-17-9-3-10-18-25)26-19-11-4-12-20-26/h1-20,27-28H,21-22H2/t27-,28-/m1/s1. The van der Waals surface area contributed by atoms with Crippen molar-refractivity contribution < 1.29 is 9.47 Å². The summed E-state index contributed by atoms with van der Waals surface area (Å²) in [4.78, 5) is 10.1. The van der Waals surface area contributed by atoms with Crippen molar-refractivity contribution in [1.29, 1.82) is 0 Å². The predicted molar refractivity (Wildman–Crippen MR) is 144 cm³/mol. The van der Waals surface area contributed by atoms with Crippen LogP contribution in [0.1, 0.15) is 34.3 Å². The fraction of sp³-hybridized carbons (Fsp3) is 0.125. The lowest BCUT2D eigenvalue weighted by Crippen LogP contribution is -2.17. The van der Waals surface area contributed by atoms with Gasteiger partial charge in [0.25, 0.3) is 0 Å². The van der Waals surface area contributed by atoms with Gasteiger partial charge < -0.3 is 9.47 Å². The van der Waals surface area contributed by atoms with Crippen LogP contribution in [0.15, 0.2) is 137 Å². The zero-order valence-electron chi connectivity index (χ0n) is 19.8. The normalized spacial score (nSPS) is 18.6. The number of benzene rings is 4. The number of ether oxygens (including phenoxy) is 2. The smallest absolute Gasteiger partial charge is 0.223 e. The summed E-state index contributed by atoms with van der Waals surface area (Å²) < 4.78 is 12.6. The van der Waals surface area contributed by atoms with Gasteiger partial charge in [-0.25, -0.2) is 9.98 Å². The summed E-state index contributed by atoms with van der Waals surface area (Å²) in [6.07, 6.45) is 0. The largest absolute Gasteiger partial charge is 0.475 e. The molecule has 4 aromatic carbocycles. The van der Waals surface area contributed by atoms with Crippen LogP contribution in [0.4, 0.5) is 0 Å². The molecule has 0 spiro atoms. The maximum atomic E-state index is 6.29. The quantitative estimate of drug-likeness (QED) is 0.310. The molecule has 0 fully saturated rings. The molecule has 4 heteroatoms. The van der Waals surface area contributed by atoms with E-state index in [4.69, 9.17) is 19.5 Å². The molecule has 0 unspecified atom stereocenters. The van der Waals surface area contributed by atoms with E-state index >= 15 is 0 Å². The molecular weight excluding hydrogens is 444 g/mol. The third-order valence-electron chi connectivity index (χ3n) is 6.47. The van der Waals surface area contributed by atoms with Gasteiger partial charge in [-0.05, 0) is 22.3 Å². The van der Waals surface area contributed by atoms with Crippen LogP contribution in [0.5, 0.6) is 0 Å². The van der Waals surface area contributed by atoms with Crippen molar-refractivity contribution >= 4 is 17.4 Å². The average molecular weight is 471 g/mol. The summed E-state index contributed by atoms with van der Waals surface area (Å²) in [6.45, 7) is 0.962. The van der Waals surface area contributed by atoms with Gasteiger partial charge in [-0.3, -0.25) is 0 Å². The van der Waals surface area contributed by atoms with Gasteiger partial charge in [0.1, 0.15) is 30.9 Å². The Hall–Kier alpha value is -4.44. The molecule has 0 N–H and O–H groups in total. The lowest BCUT2D eigenvalue weighted by atomic mass is 9.92. The Kier molecular flexibility index (Phi) is 6.15. The van der Waals surface area contributed by atoms with Crippen molar-refractivity contribution in [3.8, 4) is 0 Å². The molecule has 0 aromatic heterocycles. The van der Waals surface area contributed by atoms with Crippen LogP contribution >= 0.6 is 0 Å². The highest BCUT2D eigenvalue weighted by Gasteiger charge is 2.33. The molecule has 4 nitrogen and oxygen atoms in total. The SMILES string of the molecule is c1ccc(C(=C(C2=N[C@@H](c3ccccc3)CO2)C2=N[C@@H](c3ccccc3)CO2)c2ccccc2)cc1. The van der Waals surface area contributed by atoms with Crippen molar-refractivity contribution in [1.82, 2.24) is 0 Å². The Labute approximate surface area is 211 Å². The van der Waals surface area contributed by atoms with Gasteiger partial charge in [0.2, 0.25) is 11.8 Å². The number of nitrogens with zero attached hydrogens (tertiary/aromatic N) is 2. The Bertz CT molecular complexity index is 1300. The Morgan fingerprint density at radius 3 is 1.22 bits per heavy atom. The van der Waals surface area contributed by atoms with Crippen LogP contribution in [0, 0.1) is 0 Å². The Morgan fingerprint density at radius 2 is 0.833 bits per heavy atom. The molecule has 176 valence electrons. The molecular formula is C32H26N2O2. The van der Waals surface area contributed by atoms with Gasteiger partial charge in [-0.15, -0.1) is 0 Å².